The Morgan fingerprint density at radius 3 is 2.89 bits per heavy atom. The number of benzene rings is 1. The van der Waals surface area contributed by atoms with E-state index in [0.717, 1.165) is 43.5 Å². The highest BCUT2D eigenvalue weighted by atomic mass is 127. The number of hydrogen-bond donors (Lipinski definition) is 1. The van der Waals surface area contributed by atoms with Crippen molar-refractivity contribution < 1.29 is 9.15 Å². The van der Waals surface area contributed by atoms with Crippen molar-refractivity contribution in [3.05, 3.63) is 54.5 Å². The second kappa shape index (κ2) is 13.1. The Balaban J connectivity index is 0.00000280. The molecule has 0 bridgehead atoms. The van der Waals surface area contributed by atoms with Gasteiger partial charge < -0.3 is 19.4 Å². The van der Waals surface area contributed by atoms with Gasteiger partial charge in [0, 0.05) is 43.8 Å². The summed E-state index contributed by atoms with van der Waals surface area (Å²) in [6.45, 7) is 4.25. The van der Waals surface area contributed by atoms with E-state index >= 15 is 0 Å². The van der Waals surface area contributed by atoms with Crippen LogP contribution in [0.4, 0.5) is 0 Å². The first-order valence-corrected chi connectivity index (χ1v) is 10.6. The minimum Gasteiger partial charge on any atom is -0.469 e. The SMILES string of the molecule is COCCN=C(NCCc1ccco1)N1CCC(CSc2ccccc2)C1.I. The number of rotatable bonds is 9. The largest absolute Gasteiger partial charge is 0.469 e. The van der Waals surface area contributed by atoms with E-state index in [1.165, 1.54) is 11.3 Å². The number of furan rings is 1. The average Bonchev–Trinajstić information content (AvgIpc) is 3.38. The molecule has 1 atom stereocenters. The summed E-state index contributed by atoms with van der Waals surface area (Å²) in [6.07, 6.45) is 3.79. The summed E-state index contributed by atoms with van der Waals surface area (Å²) in [5, 5.41) is 3.51. The third-order valence-electron chi connectivity index (χ3n) is 4.61. The van der Waals surface area contributed by atoms with Crippen LogP contribution < -0.4 is 5.32 Å². The van der Waals surface area contributed by atoms with Crippen LogP contribution in [0.5, 0.6) is 0 Å². The summed E-state index contributed by atoms with van der Waals surface area (Å²) in [5.41, 5.74) is 0. The number of hydrogen-bond acceptors (Lipinski definition) is 4. The fourth-order valence-corrected chi connectivity index (χ4v) is 4.20. The molecule has 1 aliphatic heterocycles. The van der Waals surface area contributed by atoms with E-state index in [4.69, 9.17) is 14.1 Å². The number of nitrogens with one attached hydrogen (secondary N) is 1. The van der Waals surface area contributed by atoms with Crippen molar-refractivity contribution in [2.45, 2.75) is 17.7 Å². The number of likely N-dealkylation sites (tertiary alicyclic amines) is 1. The van der Waals surface area contributed by atoms with E-state index in [1.807, 2.05) is 23.9 Å². The molecular weight excluding hydrogens is 485 g/mol. The molecule has 7 heteroatoms. The highest BCUT2D eigenvalue weighted by Crippen LogP contribution is 2.25. The predicted molar refractivity (Wildman–Crippen MR) is 127 cm³/mol. The van der Waals surface area contributed by atoms with Gasteiger partial charge in [-0.25, -0.2) is 0 Å². The van der Waals surface area contributed by atoms with Crippen LogP contribution in [0.1, 0.15) is 12.2 Å². The van der Waals surface area contributed by atoms with Crippen LogP contribution in [0.15, 0.2) is 63.0 Å². The number of thioether (sulfide) groups is 1. The summed E-state index contributed by atoms with van der Waals surface area (Å²) < 4.78 is 10.6. The Kier molecular flexibility index (Phi) is 10.8. The highest BCUT2D eigenvalue weighted by Gasteiger charge is 2.25. The molecule has 1 aromatic heterocycles. The molecule has 1 saturated heterocycles. The van der Waals surface area contributed by atoms with Gasteiger partial charge in [-0.2, -0.15) is 0 Å². The first-order chi connectivity index (χ1) is 13.3. The van der Waals surface area contributed by atoms with Crippen molar-refractivity contribution in [2.75, 3.05) is 45.6 Å². The van der Waals surface area contributed by atoms with E-state index in [-0.39, 0.29) is 24.0 Å². The quantitative estimate of drug-likeness (QED) is 0.179. The van der Waals surface area contributed by atoms with Crippen LogP contribution in [-0.4, -0.2) is 56.5 Å². The minimum absolute atomic E-state index is 0. The van der Waals surface area contributed by atoms with Crippen molar-refractivity contribution in [3.8, 4) is 0 Å². The zero-order valence-corrected chi connectivity index (χ0v) is 19.5. The summed E-state index contributed by atoms with van der Waals surface area (Å²) in [6, 6.07) is 14.6. The summed E-state index contributed by atoms with van der Waals surface area (Å²) >= 11 is 1.95. The van der Waals surface area contributed by atoms with Crippen molar-refractivity contribution in [2.24, 2.45) is 10.9 Å². The van der Waals surface area contributed by atoms with Gasteiger partial charge in [0.05, 0.1) is 19.4 Å². The van der Waals surface area contributed by atoms with E-state index in [2.05, 4.69) is 40.5 Å². The van der Waals surface area contributed by atoms with Gasteiger partial charge in [-0.15, -0.1) is 35.7 Å². The number of halogens is 1. The van der Waals surface area contributed by atoms with Gasteiger partial charge in [0.25, 0.3) is 0 Å². The van der Waals surface area contributed by atoms with Crippen molar-refractivity contribution in [1.82, 2.24) is 10.2 Å². The van der Waals surface area contributed by atoms with E-state index < -0.39 is 0 Å². The molecular formula is C21H30IN3O2S. The van der Waals surface area contributed by atoms with Gasteiger partial charge in [0.1, 0.15) is 5.76 Å². The molecule has 0 radical (unpaired) electrons. The van der Waals surface area contributed by atoms with Gasteiger partial charge in [-0.05, 0) is 36.6 Å². The van der Waals surface area contributed by atoms with Crippen LogP contribution in [-0.2, 0) is 11.2 Å². The first kappa shape index (κ1) is 23.1. The van der Waals surface area contributed by atoms with Crippen LogP contribution in [0.25, 0.3) is 0 Å². The lowest BCUT2D eigenvalue weighted by molar-refractivity contribution is 0.207. The van der Waals surface area contributed by atoms with Gasteiger partial charge >= 0.3 is 0 Å². The molecule has 2 heterocycles. The third kappa shape index (κ3) is 7.67. The fraction of sp³-hybridized carbons (Fsp3) is 0.476. The molecule has 5 nitrogen and oxygen atoms in total. The fourth-order valence-electron chi connectivity index (χ4n) is 3.15. The lowest BCUT2D eigenvalue weighted by atomic mass is 10.2. The number of guanidine groups is 1. The smallest absolute Gasteiger partial charge is 0.194 e. The normalized spacial score (nSPS) is 16.8. The maximum atomic E-state index is 5.41. The average molecular weight is 515 g/mol. The molecule has 0 amide bonds. The van der Waals surface area contributed by atoms with Gasteiger partial charge in [0.15, 0.2) is 5.96 Å². The zero-order valence-electron chi connectivity index (χ0n) is 16.4. The Bertz CT molecular complexity index is 682. The van der Waals surface area contributed by atoms with E-state index in [1.54, 1.807) is 13.4 Å². The third-order valence-corrected chi connectivity index (χ3v) is 5.85. The molecule has 3 rings (SSSR count). The topological polar surface area (TPSA) is 50.0 Å². The Hall–Kier alpha value is -1.19. The number of nitrogens with zero attached hydrogens (tertiary/aromatic N) is 2. The molecule has 0 aliphatic carbocycles. The van der Waals surface area contributed by atoms with Crippen LogP contribution in [0.2, 0.25) is 0 Å². The number of ether oxygens (including phenoxy) is 1. The Labute approximate surface area is 189 Å². The Morgan fingerprint density at radius 1 is 1.29 bits per heavy atom. The number of methoxy groups -OCH3 is 1. The summed E-state index contributed by atoms with van der Waals surface area (Å²) in [7, 11) is 1.71. The zero-order chi connectivity index (χ0) is 18.7. The highest BCUT2D eigenvalue weighted by molar-refractivity contribution is 14.0. The predicted octanol–water partition coefficient (Wildman–Crippen LogP) is 4.15. The molecule has 1 unspecified atom stereocenters. The van der Waals surface area contributed by atoms with Gasteiger partial charge in [0.2, 0.25) is 0 Å². The maximum absolute atomic E-state index is 5.41. The maximum Gasteiger partial charge on any atom is 0.194 e. The molecule has 2 aromatic rings. The van der Waals surface area contributed by atoms with E-state index in [9.17, 15) is 0 Å². The summed E-state index contributed by atoms with van der Waals surface area (Å²) in [5.74, 6) is 3.83. The van der Waals surface area contributed by atoms with Crippen LogP contribution in [0.3, 0.4) is 0 Å². The van der Waals surface area contributed by atoms with Crippen molar-refractivity contribution >= 4 is 41.7 Å². The van der Waals surface area contributed by atoms with E-state index in [0.29, 0.717) is 19.1 Å². The molecule has 1 N–H and O–H groups in total. The molecule has 28 heavy (non-hydrogen) atoms. The number of aliphatic imine (C=N–C) groups is 1. The molecule has 0 saturated carbocycles. The molecule has 0 spiro atoms. The monoisotopic (exact) mass is 515 g/mol. The van der Waals surface area contributed by atoms with Crippen LogP contribution in [0, 0.1) is 5.92 Å². The van der Waals surface area contributed by atoms with Crippen LogP contribution >= 0.6 is 35.7 Å². The van der Waals surface area contributed by atoms with Gasteiger partial charge in [-0.3, -0.25) is 4.99 Å². The second-order valence-electron chi connectivity index (χ2n) is 6.68. The molecule has 154 valence electrons. The lowest BCUT2D eigenvalue weighted by Crippen LogP contribution is -2.41. The Morgan fingerprint density at radius 2 is 2.14 bits per heavy atom. The second-order valence-corrected chi connectivity index (χ2v) is 7.77. The standard InChI is InChI=1S/C21H29N3O2S.HI/c1-25-15-12-23-21(22-11-9-19-6-5-14-26-19)24-13-10-18(16-24)17-27-20-7-3-2-4-8-20;/h2-8,14,18H,9-13,15-17H2,1H3,(H,22,23);1H. The summed E-state index contributed by atoms with van der Waals surface area (Å²) in [4.78, 5) is 8.47. The van der Waals surface area contributed by atoms with Crippen molar-refractivity contribution in [3.63, 3.8) is 0 Å². The first-order valence-electron chi connectivity index (χ1n) is 9.57. The minimum atomic E-state index is 0. The van der Waals surface area contributed by atoms with Crippen molar-refractivity contribution in [1.29, 1.82) is 0 Å². The molecule has 1 fully saturated rings. The molecule has 1 aliphatic rings. The lowest BCUT2D eigenvalue weighted by Gasteiger charge is -2.22. The van der Waals surface area contributed by atoms with Gasteiger partial charge in [-0.1, -0.05) is 18.2 Å². The molecule has 1 aromatic carbocycles.